The number of fused-ring (bicyclic) bond motifs is 12. The number of aromatic nitrogens is 2. The first-order valence-electron chi connectivity index (χ1n) is 20.1. The Balaban J connectivity index is 0.000000166. The van der Waals surface area contributed by atoms with Gasteiger partial charge in [-0.2, -0.15) is 0 Å². The zero-order chi connectivity index (χ0) is 46.9. The standard InChI is InChI=1S/2C22H16F3N3O4S/c2*23-10-5-14(24)12(15(25)6-10)7-26-21(31)13-9-27-11-1-2-17-16(3-4-33-17)28(8-11)22(32)18(27)20(30)19(13)29/h2*3-6,9,11,30H,1-2,7-8H2,(H,26,31)/t2*11-/m10/s1. The molecule has 2 atom stereocenters. The highest BCUT2D eigenvalue weighted by molar-refractivity contribution is 7.10. The van der Waals surface area contributed by atoms with Gasteiger partial charge in [-0.1, -0.05) is 0 Å². The first-order chi connectivity index (χ1) is 31.5. The Labute approximate surface area is 375 Å². The van der Waals surface area contributed by atoms with Crippen LogP contribution in [0.25, 0.3) is 0 Å². The van der Waals surface area contributed by atoms with E-state index in [0.717, 1.165) is 21.1 Å². The van der Waals surface area contributed by atoms with Crippen molar-refractivity contribution in [3.8, 4) is 11.5 Å². The molecule has 8 heterocycles. The molecule has 0 saturated heterocycles. The monoisotopic (exact) mass is 950 g/mol. The first kappa shape index (κ1) is 44.0. The largest absolute Gasteiger partial charge is 0.503 e. The molecule has 10 rings (SSSR count). The number of rotatable bonds is 6. The highest BCUT2D eigenvalue weighted by Crippen LogP contribution is 2.41. The molecule has 14 nitrogen and oxygen atoms in total. The van der Waals surface area contributed by atoms with Crippen molar-refractivity contribution in [3.05, 3.63) is 158 Å². The molecule has 0 aliphatic carbocycles. The molecular weight excluding hydrogens is 919 g/mol. The average molecular weight is 951 g/mol. The van der Waals surface area contributed by atoms with Gasteiger partial charge in [0.15, 0.2) is 22.9 Å². The van der Waals surface area contributed by atoms with E-state index in [2.05, 4.69) is 10.6 Å². The lowest BCUT2D eigenvalue weighted by molar-refractivity contribution is 0.0929. The summed E-state index contributed by atoms with van der Waals surface area (Å²) < 4.78 is 84.5. The van der Waals surface area contributed by atoms with Crippen LogP contribution in [-0.4, -0.2) is 56.1 Å². The molecule has 340 valence electrons. The number of pyridine rings is 2. The van der Waals surface area contributed by atoms with Gasteiger partial charge in [0.2, 0.25) is 10.9 Å². The molecule has 4 aliphatic rings. The van der Waals surface area contributed by atoms with Gasteiger partial charge in [0.05, 0.1) is 23.5 Å². The lowest BCUT2D eigenvalue weighted by Crippen LogP contribution is -2.44. The molecule has 0 unspecified atom stereocenters. The van der Waals surface area contributed by atoms with Gasteiger partial charge in [-0.05, 0) is 48.6 Å². The highest BCUT2D eigenvalue weighted by atomic mass is 32.1. The van der Waals surface area contributed by atoms with E-state index in [1.54, 1.807) is 0 Å². The lowest BCUT2D eigenvalue weighted by Gasteiger charge is -2.34. The second-order valence-corrected chi connectivity index (χ2v) is 17.7. The average Bonchev–Trinajstić information content (AvgIpc) is 3.87. The van der Waals surface area contributed by atoms with Crippen LogP contribution in [0.5, 0.6) is 11.5 Å². The Kier molecular flexibility index (Phi) is 11.3. The number of anilines is 2. The van der Waals surface area contributed by atoms with Crippen LogP contribution in [-0.2, 0) is 25.9 Å². The predicted molar refractivity (Wildman–Crippen MR) is 226 cm³/mol. The van der Waals surface area contributed by atoms with Crippen molar-refractivity contribution >= 4 is 57.7 Å². The smallest absolute Gasteiger partial charge is 0.279 e. The Morgan fingerprint density at radius 2 is 0.970 bits per heavy atom. The molecule has 4 aromatic heterocycles. The molecule has 0 spiro atoms. The minimum Gasteiger partial charge on any atom is -0.503 e. The molecule has 22 heteroatoms. The number of amides is 4. The summed E-state index contributed by atoms with van der Waals surface area (Å²) in [6.45, 7) is -0.667. The van der Waals surface area contributed by atoms with Gasteiger partial charge in [-0.15, -0.1) is 22.7 Å². The maximum atomic E-state index is 13.9. The third-order valence-electron chi connectivity index (χ3n) is 11.9. The number of carbonyl (C=O) groups excluding carboxylic acids is 4. The molecule has 2 aromatic carbocycles. The van der Waals surface area contributed by atoms with Gasteiger partial charge in [0.1, 0.15) is 46.0 Å². The van der Waals surface area contributed by atoms with E-state index < -0.39 is 116 Å². The fourth-order valence-corrected chi connectivity index (χ4v) is 10.4. The summed E-state index contributed by atoms with van der Waals surface area (Å²) in [7, 11) is 0. The van der Waals surface area contributed by atoms with Crippen LogP contribution < -0.4 is 31.3 Å². The normalized spacial score (nSPS) is 16.8. The molecular formula is C44H32F6N6O8S2. The van der Waals surface area contributed by atoms with Gasteiger partial charge < -0.3 is 39.8 Å². The van der Waals surface area contributed by atoms with Crippen LogP contribution in [0.3, 0.4) is 0 Å². The van der Waals surface area contributed by atoms with Gasteiger partial charge in [-0.25, -0.2) is 26.3 Å². The Hall–Kier alpha value is -7.20. The minimum absolute atomic E-state index is 0.206. The second kappa shape index (κ2) is 17.0. The van der Waals surface area contributed by atoms with E-state index in [4.69, 9.17) is 0 Å². The van der Waals surface area contributed by atoms with Crippen LogP contribution in [0.4, 0.5) is 37.7 Å². The fourth-order valence-electron chi connectivity index (χ4n) is 8.59. The van der Waals surface area contributed by atoms with E-state index in [-0.39, 0.29) is 23.5 Å². The number of hydrogen-bond acceptors (Lipinski definition) is 10. The summed E-state index contributed by atoms with van der Waals surface area (Å²) in [6, 6.07) is 4.98. The zero-order valence-electron chi connectivity index (χ0n) is 33.8. The third kappa shape index (κ3) is 7.57. The molecule has 66 heavy (non-hydrogen) atoms. The first-order valence-corrected chi connectivity index (χ1v) is 21.8. The maximum absolute atomic E-state index is 13.9. The van der Waals surface area contributed by atoms with E-state index >= 15 is 0 Å². The molecule has 4 bridgehead atoms. The van der Waals surface area contributed by atoms with Crippen LogP contribution in [0.1, 0.15) is 87.5 Å². The molecule has 4 amide bonds. The van der Waals surface area contributed by atoms with Crippen LogP contribution in [0, 0.1) is 34.9 Å². The number of carbonyl (C=O) groups is 4. The molecule has 6 aromatic rings. The van der Waals surface area contributed by atoms with Crippen LogP contribution >= 0.6 is 22.7 Å². The van der Waals surface area contributed by atoms with E-state index in [9.17, 15) is 65.3 Å². The molecule has 0 fully saturated rings. The van der Waals surface area contributed by atoms with Crippen molar-refractivity contribution in [2.75, 3.05) is 22.9 Å². The SMILES string of the molecule is O=C(NCc1c(F)cc(F)cc1F)c1cn2c(c(O)c1=O)C(=O)N1C[C@@H]2CCc2sccc21.O=C(NCc1c(F)cc(F)cc1F)c1cn2c(c(O)c1=O)C(=O)N1C[C@H]2CCc2sccc21. The summed E-state index contributed by atoms with van der Waals surface area (Å²) in [5.74, 6) is -11.8. The predicted octanol–water partition coefficient (Wildman–Crippen LogP) is 6.22. The van der Waals surface area contributed by atoms with Crippen LogP contribution in [0.15, 0.2) is 69.1 Å². The van der Waals surface area contributed by atoms with Gasteiger partial charge in [-0.3, -0.25) is 28.8 Å². The van der Waals surface area contributed by atoms with Crippen molar-refractivity contribution in [2.45, 2.75) is 50.9 Å². The molecule has 4 N–H and O–H groups in total. The molecule has 0 radical (unpaired) electrons. The molecule has 4 aliphatic heterocycles. The maximum Gasteiger partial charge on any atom is 0.279 e. The van der Waals surface area contributed by atoms with Crippen LogP contribution in [0.2, 0.25) is 0 Å². The van der Waals surface area contributed by atoms with Gasteiger partial charge in [0, 0.05) is 83.7 Å². The topological polar surface area (TPSA) is 183 Å². The van der Waals surface area contributed by atoms with E-state index in [1.807, 2.05) is 22.9 Å². The number of hydrogen-bond donors (Lipinski definition) is 4. The number of nitrogens with zero attached hydrogens (tertiary/aromatic N) is 4. The third-order valence-corrected chi connectivity index (χ3v) is 13.8. The Morgan fingerprint density at radius 3 is 1.33 bits per heavy atom. The summed E-state index contributed by atoms with van der Waals surface area (Å²) in [4.78, 5) is 82.1. The summed E-state index contributed by atoms with van der Waals surface area (Å²) in [5.41, 5.74) is -3.16. The summed E-state index contributed by atoms with van der Waals surface area (Å²) in [5, 5.41) is 29.3. The fraction of sp³-hybridized carbons (Fsp3) is 0.227. The number of benzene rings is 2. The van der Waals surface area contributed by atoms with Crippen molar-refractivity contribution in [3.63, 3.8) is 0 Å². The number of halogens is 6. The second-order valence-electron chi connectivity index (χ2n) is 15.7. The Morgan fingerprint density at radius 1 is 0.606 bits per heavy atom. The number of nitrogens with one attached hydrogen (secondary N) is 2. The van der Waals surface area contributed by atoms with Crippen molar-refractivity contribution in [1.82, 2.24) is 19.8 Å². The van der Waals surface area contributed by atoms with E-state index in [1.165, 1.54) is 54.0 Å². The molecule has 0 saturated carbocycles. The number of aromatic hydroxyl groups is 2. The number of thiophene rings is 2. The van der Waals surface area contributed by atoms with Crippen molar-refractivity contribution in [2.24, 2.45) is 0 Å². The summed E-state index contributed by atoms with van der Waals surface area (Å²) >= 11 is 3.03. The van der Waals surface area contributed by atoms with E-state index in [0.29, 0.717) is 63.0 Å². The van der Waals surface area contributed by atoms with Crippen molar-refractivity contribution in [1.29, 1.82) is 0 Å². The van der Waals surface area contributed by atoms with Gasteiger partial charge in [0.25, 0.3) is 23.6 Å². The van der Waals surface area contributed by atoms with Crippen molar-refractivity contribution < 1.29 is 55.7 Å². The number of aryl methyl sites for hydroxylation is 2. The van der Waals surface area contributed by atoms with Gasteiger partial charge >= 0.3 is 0 Å². The lowest BCUT2D eigenvalue weighted by atomic mass is 10.1. The summed E-state index contributed by atoms with van der Waals surface area (Å²) in [6.07, 6.45) is 4.98. The quantitative estimate of drug-likeness (QED) is 0.142. The Bertz CT molecular complexity index is 2930. The minimum atomic E-state index is -1.19. The zero-order valence-corrected chi connectivity index (χ0v) is 35.4. The highest BCUT2D eigenvalue weighted by Gasteiger charge is 2.40.